The van der Waals surface area contributed by atoms with Crippen LogP contribution in [0.25, 0.3) is 10.6 Å². The van der Waals surface area contributed by atoms with Crippen LogP contribution in [-0.2, 0) is 9.53 Å². The minimum absolute atomic E-state index is 0.238. The van der Waals surface area contributed by atoms with Gasteiger partial charge in [0.1, 0.15) is 6.04 Å². The van der Waals surface area contributed by atoms with Gasteiger partial charge in [0.05, 0.1) is 17.7 Å². The van der Waals surface area contributed by atoms with E-state index >= 15 is 0 Å². The second kappa shape index (κ2) is 7.96. The second-order valence-corrected chi connectivity index (χ2v) is 7.17. The van der Waals surface area contributed by atoms with Crippen LogP contribution in [0, 0.1) is 12.8 Å². The summed E-state index contributed by atoms with van der Waals surface area (Å²) in [4.78, 5) is 26.1. The van der Waals surface area contributed by atoms with Crippen molar-refractivity contribution in [1.29, 1.82) is 0 Å². The molecule has 0 aliphatic carbocycles. The van der Waals surface area contributed by atoms with Gasteiger partial charge in [-0.3, -0.25) is 9.89 Å². The van der Waals surface area contributed by atoms with Crippen molar-refractivity contribution in [3.8, 4) is 10.6 Å². The molecule has 0 bridgehead atoms. The van der Waals surface area contributed by atoms with Crippen LogP contribution < -0.4 is 10.6 Å². The number of aryl methyl sites for hydroxylation is 1. The van der Waals surface area contributed by atoms with E-state index in [1.165, 1.54) is 12.0 Å². The fourth-order valence-corrected chi connectivity index (χ4v) is 3.04. The molecule has 2 aromatic heterocycles. The number of methoxy groups -OCH3 is 1. The molecule has 8 heteroatoms. The largest absolute Gasteiger partial charge is 0.453 e. The number of amides is 2. The molecule has 7 nitrogen and oxygen atoms in total. The first-order valence-corrected chi connectivity index (χ1v) is 8.48. The number of thiophene rings is 1. The van der Waals surface area contributed by atoms with E-state index in [0.717, 1.165) is 10.6 Å². The monoisotopic (exact) mass is 350 g/mol. The molecule has 0 saturated carbocycles. The quantitative estimate of drug-likeness (QED) is 0.745. The van der Waals surface area contributed by atoms with Gasteiger partial charge in [0, 0.05) is 10.9 Å². The lowest BCUT2D eigenvalue weighted by Gasteiger charge is -2.18. The van der Waals surface area contributed by atoms with Crippen LogP contribution in [0.1, 0.15) is 25.1 Å². The zero-order valence-electron chi connectivity index (χ0n) is 14.2. The van der Waals surface area contributed by atoms with Gasteiger partial charge < -0.3 is 15.4 Å². The first kappa shape index (κ1) is 18.0. The lowest BCUT2D eigenvalue weighted by molar-refractivity contribution is -0.118. The van der Waals surface area contributed by atoms with E-state index in [4.69, 9.17) is 0 Å². The molecule has 0 spiro atoms. The smallest absolute Gasteiger partial charge is 0.407 e. The molecule has 2 amide bonds. The summed E-state index contributed by atoms with van der Waals surface area (Å²) < 4.78 is 4.58. The van der Waals surface area contributed by atoms with Crippen molar-refractivity contribution < 1.29 is 14.3 Å². The summed E-state index contributed by atoms with van der Waals surface area (Å²) in [5, 5.41) is 12.3. The highest BCUT2D eigenvalue weighted by Crippen LogP contribution is 2.27. The topological polar surface area (TPSA) is 96.1 Å². The summed E-state index contributed by atoms with van der Waals surface area (Å²) in [6, 6.07) is 5.12. The van der Waals surface area contributed by atoms with Crippen LogP contribution in [0.5, 0.6) is 0 Å². The summed E-state index contributed by atoms with van der Waals surface area (Å²) in [6.07, 6.45) is -0.130. The van der Waals surface area contributed by atoms with Crippen molar-refractivity contribution in [2.24, 2.45) is 5.92 Å². The Balaban J connectivity index is 2.06. The molecule has 24 heavy (non-hydrogen) atoms. The van der Waals surface area contributed by atoms with Gasteiger partial charge in [-0.25, -0.2) is 4.79 Å². The van der Waals surface area contributed by atoms with E-state index in [1.54, 1.807) is 17.4 Å². The fourth-order valence-electron chi connectivity index (χ4n) is 2.21. The number of H-pyrrole nitrogens is 1. The third-order valence-electron chi connectivity index (χ3n) is 3.34. The Hall–Kier alpha value is -2.35. The molecule has 2 rings (SSSR count). The van der Waals surface area contributed by atoms with Crippen molar-refractivity contribution in [2.45, 2.75) is 33.2 Å². The van der Waals surface area contributed by atoms with E-state index in [9.17, 15) is 9.59 Å². The second-order valence-electron chi connectivity index (χ2n) is 5.88. The molecule has 2 heterocycles. The summed E-state index contributed by atoms with van der Waals surface area (Å²) >= 11 is 1.64. The number of alkyl carbamates (subject to hydrolysis) is 1. The third kappa shape index (κ3) is 4.82. The highest BCUT2D eigenvalue weighted by molar-refractivity contribution is 7.15. The van der Waals surface area contributed by atoms with Crippen LogP contribution in [-0.4, -0.2) is 35.3 Å². The number of nitrogens with one attached hydrogen (secondary N) is 3. The Labute approximate surface area is 144 Å². The van der Waals surface area contributed by atoms with Gasteiger partial charge in [-0.1, -0.05) is 13.8 Å². The summed E-state index contributed by atoms with van der Waals surface area (Å²) in [5.74, 6) is 0.331. The Morgan fingerprint density at radius 1 is 1.38 bits per heavy atom. The standard InChI is InChI=1S/C16H22N4O3S/c1-9(2)7-12(17-16(22)23-4)15(21)18-14-8-11(19-20-14)13-6-5-10(3)24-13/h5-6,8-9,12H,7H2,1-4H3,(H,17,22)(H2,18,19,20,21). The zero-order valence-corrected chi connectivity index (χ0v) is 15.0. The predicted molar refractivity (Wildman–Crippen MR) is 94.1 cm³/mol. The van der Waals surface area contributed by atoms with E-state index in [2.05, 4.69) is 25.6 Å². The Morgan fingerprint density at radius 2 is 2.12 bits per heavy atom. The number of carbonyl (C=O) groups is 2. The van der Waals surface area contributed by atoms with Crippen LogP contribution in [0.3, 0.4) is 0 Å². The highest BCUT2D eigenvalue weighted by Gasteiger charge is 2.23. The van der Waals surface area contributed by atoms with Crippen LogP contribution in [0.2, 0.25) is 0 Å². The average molecular weight is 350 g/mol. The third-order valence-corrected chi connectivity index (χ3v) is 4.37. The molecule has 0 aliphatic rings. The Morgan fingerprint density at radius 3 is 2.71 bits per heavy atom. The fraction of sp³-hybridized carbons (Fsp3) is 0.438. The minimum Gasteiger partial charge on any atom is -0.453 e. The minimum atomic E-state index is -0.679. The molecule has 2 aromatic rings. The number of hydrogen-bond donors (Lipinski definition) is 3. The molecule has 1 unspecified atom stereocenters. The van der Waals surface area contributed by atoms with Gasteiger partial charge in [-0.05, 0) is 31.4 Å². The zero-order chi connectivity index (χ0) is 17.7. The van der Waals surface area contributed by atoms with Crippen molar-refractivity contribution >= 4 is 29.2 Å². The van der Waals surface area contributed by atoms with Gasteiger partial charge in [0.2, 0.25) is 5.91 Å². The van der Waals surface area contributed by atoms with E-state index < -0.39 is 12.1 Å². The molecule has 0 radical (unpaired) electrons. The molecule has 0 aliphatic heterocycles. The molecular formula is C16H22N4O3S. The summed E-state index contributed by atoms with van der Waals surface area (Å²) in [5.41, 5.74) is 0.838. The van der Waals surface area contributed by atoms with Crippen LogP contribution in [0.4, 0.5) is 10.6 Å². The first-order valence-electron chi connectivity index (χ1n) is 7.66. The molecular weight excluding hydrogens is 328 g/mol. The van der Waals surface area contributed by atoms with Crippen LogP contribution >= 0.6 is 11.3 Å². The number of anilines is 1. The van der Waals surface area contributed by atoms with E-state index in [-0.39, 0.29) is 11.8 Å². The van der Waals surface area contributed by atoms with Crippen LogP contribution in [0.15, 0.2) is 18.2 Å². The molecule has 0 fully saturated rings. The molecule has 0 aromatic carbocycles. The normalized spacial score (nSPS) is 12.0. The number of hydrogen-bond acceptors (Lipinski definition) is 5. The average Bonchev–Trinajstić information content (AvgIpc) is 3.14. The molecule has 1 atom stereocenters. The SMILES string of the molecule is COC(=O)NC(CC(C)C)C(=O)Nc1cc(-c2ccc(C)s2)[nH]n1. The highest BCUT2D eigenvalue weighted by atomic mass is 32.1. The maximum Gasteiger partial charge on any atom is 0.407 e. The van der Waals surface area contributed by atoms with E-state index in [0.29, 0.717) is 12.2 Å². The van der Waals surface area contributed by atoms with Crippen molar-refractivity contribution in [3.05, 3.63) is 23.1 Å². The van der Waals surface area contributed by atoms with Crippen molar-refractivity contribution in [2.75, 3.05) is 12.4 Å². The number of aromatic nitrogens is 2. The first-order chi connectivity index (χ1) is 11.4. The van der Waals surface area contributed by atoms with Gasteiger partial charge in [-0.15, -0.1) is 11.3 Å². The lowest BCUT2D eigenvalue weighted by atomic mass is 10.0. The Bertz CT molecular complexity index is 708. The Kier molecular flexibility index (Phi) is 5.97. The number of carbonyl (C=O) groups excluding carboxylic acids is 2. The number of ether oxygens (including phenoxy) is 1. The lowest BCUT2D eigenvalue weighted by Crippen LogP contribution is -2.44. The van der Waals surface area contributed by atoms with Crippen molar-refractivity contribution in [3.63, 3.8) is 0 Å². The van der Waals surface area contributed by atoms with Gasteiger partial charge in [0.15, 0.2) is 5.82 Å². The van der Waals surface area contributed by atoms with Gasteiger partial charge in [0.25, 0.3) is 0 Å². The van der Waals surface area contributed by atoms with Gasteiger partial charge >= 0.3 is 6.09 Å². The molecule has 3 N–H and O–H groups in total. The molecule has 0 saturated heterocycles. The molecule has 130 valence electrons. The predicted octanol–water partition coefficient (Wildman–Crippen LogP) is 3.16. The summed E-state index contributed by atoms with van der Waals surface area (Å²) in [6.45, 7) is 5.98. The maximum atomic E-state index is 12.4. The van der Waals surface area contributed by atoms with Crippen molar-refractivity contribution in [1.82, 2.24) is 15.5 Å². The number of nitrogens with zero attached hydrogens (tertiary/aromatic N) is 1. The summed E-state index contributed by atoms with van der Waals surface area (Å²) in [7, 11) is 1.27. The van der Waals surface area contributed by atoms with E-state index in [1.807, 2.05) is 32.9 Å². The number of rotatable bonds is 6. The maximum absolute atomic E-state index is 12.4. The van der Waals surface area contributed by atoms with Gasteiger partial charge in [-0.2, -0.15) is 5.10 Å². The number of aromatic amines is 1.